The summed E-state index contributed by atoms with van der Waals surface area (Å²) in [6.07, 6.45) is 0. The molecule has 0 aromatic carbocycles. The average molecular weight is 208 g/mol. The number of aromatic nitrogens is 2. The fourth-order valence-electron chi connectivity index (χ4n) is 1.72. The first kappa shape index (κ1) is 10.2. The lowest BCUT2D eigenvalue weighted by Gasteiger charge is -2.29. The van der Waals surface area contributed by atoms with E-state index in [-0.39, 0.29) is 0 Å². The van der Waals surface area contributed by atoms with Crippen molar-refractivity contribution in [2.45, 2.75) is 13.8 Å². The molecule has 1 fully saturated rings. The maximum atomic E-state index is 5.65. The van der Waals surface area contributed by atoms with E-state index in [9.17, 15) is 0 Å². The van der Waals surface area contributed by atoms with Gasteiger partial charge in [-0.3, -0.25) is 0 Å². The van der Waals surface area contributed by atoms with Gasteiger partial charge in [0.05, 0.1) is 13.2 Å². The lowest BCUT2D eigenvalue weighted by atomic mass is 10.2. The Morgan fingerprint density at radius 3 is 2.53 bits per heavy atom. The van der Waals surface area contributed by atoms with Crippen molar-refractivity contribution in [2.75, 3.05) is 36.9 Å². The molecule has 0 bridgehead atoms. The van der Waals surface area contributed by atoms with E-state index in [1.807, 2.05) is 13.8 Å². The molecular weight excluding hydrogens is 192 g/mol. The SMILES string of the molecule is Cc1nc(N)nc(N2CCOCC2)c1C. The molecule has 0 saturated carbocycles. The molecule has 1 aromatic heterocycles. The molecule has 5 heteroatoms. The quantitative estimate of drug-likeness (QED) is 0.728. The van der Waals surface area contributed by atoms with E-state index >= 15 is 0 Å². The van der Waals surface area contributed by atoms with Gasteiger partial charge in [-0.25, -0.2) is 4.98 Å². The van der Waals surface area contributed by atoms with Crippen LogP contribution in [0.25, 0.3) is 0 Å². The van der Waals surface area contributed by atoms with Gasteiger partial charge >= 0.3 is 0 Å². The Kier molecular flexibility index (Phi) is 2.73. The average Bonchev–Trinajstić information content (AvgIpc) is 2.24. The summed E-state index contributed by atoms with van der Waals surface area (Å²) in [5.41, 5.74) is 7.71. The lowest BCUT2D eigenvalue weighted by Crippen LogP contribution is -2.37. The molecular formula is C10H16N4O. The number of aryl methyl sites for hydroxylation is 1. The van der Waals surface area contributed by atoms with Crippen molar-refractivity contribution < 1.29 is 4.74 Å². The fraction of sp³-hybridized carbons (Fsp3) is 0.600. The molecule has 82 valence electrons. The van der Waals surface area contributed by atoms with Gasteiger partial charge in [0.25, 0.3) is 0 Å². The number of nitrogens with two attached hydrogens (primary N) is 1. The van der Waals surface area contributed by atoms with Gasteiger partial charge in [-0.1, -0.05) is 0 Å². The molecule has 2 N–H and O–H groups in total. The van der Waals surface area contributed by atoms with Crippen molar-refractivity contribution >= 4 is 11.8 Å². The molecule has 0 aliphatic carbocycles. The van der Waals surface area contributed by atoms with Gasteiger partial charge in [0.2, 0.25) is 5.95 Å². The van der Waals surface area contributed by atoms with E-state index in [4.69, 9.17) is 10.5 Å². The summed E-state index contributed by atoms with van der Waals surface area (Å²) >= 11 is 0. The highest BCUT2D eigenvalue weighted by Crippen LogP contribution is 2.20. The van der Waals surface area contributed by atoms with E-state index in [2.05, 4.69) is 14.9 Å². The van der Waals surface area contributed by atoms with Gasteiger partial charge in [0.1, 0.15) is 5.82 Å². The summed E-state index contributed by atoms with van der Waals surface area (Å²) in [6.45, 7) is 7.23. The largest absolute Gasteiger partial charge is 0.378 e. The highest BCUT2D eigenvalue weighted by atomic mass is 16.5. The molecule has 1 aliphatic rings. The molecule has 0 amide bonds. The van der Waals surface area contributed by atoms with Crippen LogP contribution in [0, 0.1) is 13.8 Å². The number of nitrogens with zero attached hydrogens (tertiary/aromatic N) is 3. The second-order valence-corrected chi connectivity index (χ2v) is 3.72. The molecule has 15 heavy (non-hydrogen) atoms. The summed E-state index contributed by atoms with van der Waals surface area (Å²) in [4.78, 5) is 10.6. The zero-order valence-electron chi connectivity index (χ0n) is 9.16. The van der Waals surface area contributed by atoms with Gasteiger partial charge in [0.15, 0.2) is 0 Å². The van der Waals surface area contributed by atoms with E-state index in [1.165, 1.54) is 0 Å². The summed E-state index contributed by atoms with van der Waals surface area (Å²) in [6, 6.07) is 0. The molecule has 0 spiro atoms. The van der Waals surface area contributed by atoms with E-state index < -0.39 is 0 Å². The van der Waals surface area contributed by atoms with Gasteiger partial charge in [-0.05, 0) is 13.8 Å². The zero-order chi connectivity index (χ0) is 10.8. The van der Waals surface area contributed by atoms with E-state index in [1.54, 1.807) is 0 Å². The molecule has 2 rings (SSSR count). The molecule has 0 radical (unpaired) electrons. The third-order valence-corrected chi connectivity index (χ3v) is 2.69. The number of morpholine rings is 1. The Bertz CT molecular complexity index is 361. The molecule has 0 unspecified atom stereocenters. The van der Waals surface area contributed by atoms with Gasteiger partial charge in [-0.15, -0.1) is 0 Å². The summed E-state index contributed by atoms with van der Waals surface area (Å²) in [5, 5.41) is 0. The van der Waals surface area contributed by atoms with Crippen molar-refractivity contribution in [1.29, 1.82) is 0 Å². The van der Waals surface area contributed by atoms with Gasteiger partial charge in [0, 0.05) is 24.3 Å². The number of nitrogen functional groups attached to an aromatic ring is 1. The van der Waals surface area contributed by atoms with Crippen molar-refractivity contribution in [2.24, 2.45) is 0 Å². The lowest BCUT2D eigenvalue weighted by molar-refractivity contribution is 0.122. The number of anilines is 2. The second-order valence-electron chi connectivity index (χ2n) is 3.72. The molecule has 0 atom stereocenters. The Labute approximate surface area is 89.3 Å². The maximum Gasteiger partial charge on any atom is 0.222 e. The minimum absolute atomic E-state index is 0.347. The van der Waals surface area contributed by atoms with E-state index in [0.29, 0.717) is 5.95 Å². The number of rotatable bonds is 1. The standard InChI is InChI=1S/C10H16N4O/c1-7-8(2)12-10(11)13-9(7)14-3-5-15-6-4-14/h3-6H2,1-2H3,(H2,11,12,13). The minimum atomic E-state index is 0.347. The van der Waals surface area contributed by atoms with Crippen LogP contribution in [0.4, 0.5) is 11.8 Å². The number of hydrogen-bond acceptors (Lipinski definition) is 5. The topological polar surface area (TPSA) is 64.3 Å². The summed E-state index contributed by atoms with van der Waals surface area (Å²) in [7, 11) is 0. The van der Waals surface area contributed by atoms with Crippen LogP contribution in [0.2, 0.25) is 0 Å². The Hall–Kier alpha value is -1.36. The first-order chi connectivity index (χ1) is 7.18. The highest BCUT2D eigenvalue weighted by Gasteiger charge is 2.16. The Morgan fingerprint density at radius 1 is 1.20 bits per heavy atom. The van der Waals surface area contributed by atoms with Crippen LogP contribution >= 0.6 is 0 Å². The van der Waals surface area contributed by atoms with Gasteiger partial charge in [-0.2, -0.15) is 4.98 Å². The van der Waals surface area contributed by atoms with Crippen molar-refractivity contribution in [3.8, 4) is 0 Å². The van der Waals surface area contributed by atoms with Crippen LogP contribution in [0.3, 0.4) is 0 Å². The summed E-state index contributed by atoms with van der Waals surface area (Å²) < 4.78 is 5.31. The van der Waals surface area contributed by atoms with Crippen LogP contribution in [-0.4, -0.2) is 36.3 Å². The van der Waals surface area contributed by atoms with E-state index in [0.717, 1.165) is 43.4 Å². The monoisotopic (exact) mass is 208 g/mol. The van der Waals surface area contributed by atoms with Crippen LogP contribution in [-0.2, 0) is 4.74 Å². The van der Waals surface area contributed by atoms with Crippen molar-refractivity contribution in [1.82, 2.24) is 9.97 Å². The highest BCUT2D eigenvalue weighted by molar-refractivity contribution is 5.51. The van der Waals surface area contributed by atoms with Crippen molar-refractivity contribution in [3.63, 3.8) is 0 Å². The molecule has 2 heterocycles. The third-order valence-electron chi connectivity index (χ3n) is 2.69. The summed E-state index contributed by atoms with van der Waals surface area (Å²) in [5.74, 6) is 1.29. The number of hydrogen-bond donors (Lipinski definition) is 1. The number of ether oxygens (including phenoxy) is 1. The predicted octanol–water partition coefficient (Wildman–Crippen LogP) is 0.512. The Balaban J connectivity index is 2.33. The van der Waals surface area contributed by atoms with Gasteiger partial charge < -0.3 is 15.4 Å². The molecule has 1 saturated heterocycles. The minimum Gasteiger partial charge on any atom is -0.378 e. The Morgan fingerprint density at radius 2 is 1.87 bits per heavy atom. The molecule has 1 aromatic rings. The predicted molar refractivity (Wildman–Crippen MR) is 59.0 cm³/mol. The van der Waals surface area contributed by atoms with Crippen molar-refractivity contribution in [3.05, 3.63) is 11.3 Å². The maximum absolute atomic E-state index is 5.65. The smallest absolute Gasteiger partial charge is 0.222 e. The zero-order valence-corrected chi connectivity index (χ0v) is 9.16. The van der Waals surface area contributed by atoms with Crippen LogP contribution in [0.5, 0.6) is 0 Å². The normalized spacial score (nSPS) is 16.8. The van der Waals surface area contributed by atoms with Crippen LogP contribution in [0.1, 0.15) is 11.3 Å². The first-order valence-corrected chi connectivity index (χ1v) is 5.12. The first-order valence-electron chi connectivity index (χ1n) is 5.12. The van der Waals surface area contributed by atoms with Crippen LogP contribution < -0.4 is 10.6 Å². The van der Waals surface area contributed by atoms with Crippen LogP contribution in [0.15, 0.2) is 0 Å². The fourth-order valence-corrected chi connectivity index (χ4v) is 1.72. The third kappa shape index (κ3) is 2.02. The second kappa shape index (κ2) is 4.02. The molecule has 1 aliphatic heterocycles. The molecule has 5 nitrogen and oxygen atoms in total.